The molecule has 2 aromatic heterocycles. The minimum Gasteiger partial charge on any atom is -0.313 e. The molecular formula is C17H26N4. The van der Waals surface area contributed by atoms with Crippen molar-refractivity contribution in [2.45, 2.75) is 52.6 Å². The number of hydrogen-bond acceptors (Lipinski definition) is 3. The maximum atomic E-state index is 4.55. The summed E-state index contributed by atoms with van der Waals surface area (Å²) in [5, 5.41) is 8.20. The molecule has 0 spiro atoms. The van der Waals surface area contributed by atoms with Gasteiger partial charge in [-0.15, -0.1) is 0 Å². The van der Waals surface area contributed by atoms with Gasteiger partial charge in [-0.25, -0.2) is 0 Å². The highest BCUT2D eigenvalue weighted by Crippen LogP contribution is 2.11. The molecule has 1 atom stereocenters. The third-order valence-corrected chi connectivity index (χ3v) is 3.63. The largest absolute Gasteiger partial charge is 0.313 e. The SMILES string of the molecule is CCCNC(Cc1cccnc1)Cc1cc(C)nn1CC. The predicted molar refractivity (Wildman–Crippen MR) is 86.4 cm³/mol. The Morgan fingerprint density at radius 1 is 1.29 bits per heavy atom. The van der Waals surface area contributed by atoms with Gasteiger partial charge in [0.2, 0.25) is 0 Å². The van der Waals surface area contributed by atoms with Gasteiger partial charge in [0.25, 0.3) is 0 Å². The van der Waals surface area contributed by atoms with E-state index in [1.165, 1.54) is 11.3 Å². The Morgan fingerprint density at radius 3 is 2.81 bits per heavy atom. The zero-order valence-corrected chi connectivity index (χ0v) is 13.3. The molecule has 114 valence electrons. The Hall–Kier alpha value is -1.68. The normalized spacial score (nSPS) is 12.5. The van der Waals surface area contributed by atoms with Crippen LogP contribution in [0.15, 0.2) is 30.6 Å². The summed E-state index contributed by atoms with van der Waals surface area (Å²) in [5.74, 6) is 0. The van der Waals surface area contributed by atoms with Crippen molar-refractivity contribution in [3.63, 3.8) is 0 Å². The van der Waals surface area contributed by atoms with E-state index in [0.29, 0.717) is 6.04 Å². The molecule has 2 aromatic rings. The Labute approximate surface area is 127 Å². The summed E-state index contributed by atoms with van der Waals surface area (Å²) in [7, 11) is 0. The number of rotatable bonds is 8. The molecule has 0 aliphatic carbocycles. The van der Waals surface area contributed by atoms with Crippen LogP contribution in [-0.4, -0.2) is 27.4 Å². The number of pyridine rings is 1. The van der Waals surface area contributed by atoms with Gasteiger partial charge in [-0.1, -0.05) is 13.0 Å². The van der Waals surface area contributed by atoms with Gasteiger partial charge in [-0.2, -0.15) is 5.10 Å². The molecule has 0 saturated carbocycles. The van der Waals surface area contributed by atoms with Crippen molar-refractivity contribution in [3.05, 3.63) is 47.5 Å². The van der Waals surface area contributed by atoms with E-state index in [9.17, 15) is 0 Å². The van der Waals surface area contributed by atoms with Crippen molar-refractivity contribution in [2.75, 3.05) is 6.54 Å². The summed E-state index contributed by atoms with van der Waals surface area (Å²) in [6.07, 6.45) is 6.94. The van der Waals surface area contributed by atoms with Crippen LogP contribution in [0.2, 0.25) is 0 Å². The molecule has 1 N–H and O–H groups in total. The topological polar surface area (TPSA) is 42.7 Å². The van der Waals surface area contributed by atoms with Gasteiger partial charge in [0, 0.05) is 37.1 Å². The van der Waals surface area contributed by atoms with Crippen LogP contribution in [0.5, 0.6) is 0 Å². The minimum absolute atomic E-state index is 0.426. The first-order chi connectivity index (χ1) is 10.2. The highest BCUT2D eigenvalue weighted by molar-refractivity contribution is 5.14. The maximum Gasteiger partial charge on any atom is 0.0596 e. The van der Waals surface area contributed by atoms with Gasteiger partial charge in [0.1, 0.15) is 0 Å². The Kier molecular flexibility index (Phi) is 5.93. The third-order valence-electron chi connectivity index (χ3n) is 3.63. The average Bonchev–Trinajstić information content (AvgIpc) is 2.85. The highest BCUT2D eigenvalue weighted by Gasteiger charge is 2.13. The molecule has 2 heterocycles. The average molecular weight is 286 g/mol. The maximum absolute atomic E-state index is 4.55. The quantitative estimate of drug-likeness (QED) is 0.811. The molecule has 0 bridgehead atoms. The van der Waals surface area contributed by atoms with E-state index < -0.39 is 0 Å². The summed E-state index contributed by atoms with van der Waals surface area (Å²) in [4.78, 5) is 4.22. The summed E-state index contributed by atoms with van der Waals surface area (Å²) < 4.78 is 2.11. The smallest absolute Gasteiger partial charge is 0.0596 e. The molecule has 4 nitrogen and oxygen atoms in total. The van der Waals surface area contributed by atoms with E-state index in [0.717, 1.165) is 38.0 Å². The van der Waals surface area contributed by atoms with Crippen LogP contribution in [0, 0.1) is 6.92 Å². The van der Waals surface area contributed by atoms with Crippen LogP contribution < -0.4 is 5.32 Å². The first kappa shape index (κ1) is 15.7. The van der Waals surface area contributed by atoms with Gasteiger partial charge in [-0.3, -0.25) is 9.67 Å². The summed E-state index contributed by atoms with van der Waals surface area (Å²) in [6, 6.07) is 6.78. The number of aromatic nitrogens is 3. The molecular weight excluding hydrogens is 260 g/mol. The fourth-order valence-electron chi connectivity index (χ4n) is 2.66. The molecule has 0 aliphatic rings. The van der Waals surface area contributed by atoms with Crippen LogP contribution >= 0.6 is 0 Å². The fraction of sp³-hybridized carbons (Fsp3) is 0.529. The van der Waals surface area contributed by atoms with Gasteiger partial charge in [0.05, 0.1) is 5.69 Å². The fourth-order valence-corrected chi connectivity index (χ4v) is 2.66. The van der Waals surface area contributed by atoms with Crippen LogP contribution in [0.3, 0.4) is 0 Å². The first-order valence-electron chi connectivity index (χ1n) is 7.88. The molecule has 0 amide bonds. The van der Waals surface area contributed by atoms with Crippen LogP contribution in [-0.2, 0) is 19.4 Å². The highest BCUT2D eigenvalue weighted by atomic mass is 15.3. The molecule has 1 unspecified atom stereocenters. The summed E-state index contributed by atoms with van der Waals surface area (Å²) >= 11 is 0. The second kappa shape index (κ2) is 7.93. The molecule has 0 aromatic carbocycles. The molecule has 0 saturated heterocycles. The standard InChI is InChI=1S/C17H26N4/c1-4-8-19-16(11-15-7-6-9-18-13-15)12-17-10-14(3)20-21(17)5-2/h6-7,9-10,13,16,19H,4-5,8,11-12H2,1-3H3. The minimum atomic E-state index is 0.426. The van der Waals surface area contributed by atoms with Gasteiger partial charge in [0.15, 0.2) is 0 Å². The van der Waals surface area contributed by atoms with Crippen molar-refractivity contribution >= 4 is 0 Å². The third kappa shape index (κ3) is 4.67. The zero-order valence-electron chi connectivity index (χ0n) is 13.3. The second-order valence-electron chi connectivity index (χ2n) is 5.51. The van der Waals surface area contributed by atoms with Crippen molar-refractivity contribution in [3.8, 4) is 0 Å². The molecule has 2 rings (SSSR count). The molecule has 0 aliphatic heterocycles. The van der Waals surface area contributed by atoms with Gasteiger partial charge < -0.3 is 5.32 Å². The van der Waals surface area contributed by atoms with E-state index in [2.05, 4.69) is 53.0 Å². The number of aryl methyl sites for hydroxylation is 2. The van der Waals surface area contributed by atoms with Crippen molar-refractivity contribution in [2.24, 2.45) is 0 Å². The zero-order chi connectivity index (χ0) is 15.1. The summed E-state index contributed by atoms with van der Waals surface area (Å²) in [6.45, 7) is 8.38. The molecule has 0 radical (unpaired) electrons. The van der Waals surface area contributed by atoms with Crippen LogP contribution in [0.1, 0.15) is 37.2 Å². The monoisotopic (exact) mass is 286 g/mol. The van der Waals surface area contributed by atoms with E-state index >= 15 is 0 Å². The van der Waals surface area contributed by atoms with Crippen molar-refractivity contribution < 1.29 is 0 Å². The van der Waals surface area contributed by atoms with E-state index in [4.69, 9.17) is 0 Å². The first-order valence-corrected chi connectivity index (χ1v) is 7.88. The number of nitrogens with zero attached hydrogens (tertiary/aromatic N) is 3. The number of hydrogen-bond donors (Lipinski definition) is 1. The number of nitrogens with one attached hydrogen (secondary N) is 1. The predicted octanol–water partition coefficient (Wildman–Crippen LogP) is 2.76. The Balaban J connectivity index is 2.08. The Bertz CT molecular complexity index is 533. The van der Waals surface area contributed by atoms with Crippen molar-refractivity contribution in [1.29, 1.82) is 0 Å². The van der Waals surface area contributed by atoms with Crippen molar-refractivity contribution in [1.82, 2.24) is 20.1 Å². The summed E-state index contributed by atoms with van der Waals surface area (Å²) in [5.41, 5.74) is 3.69. The van der Waals surface area contributed by atoms with Crippen LogP contribution in [0.4, 0.5) is 0 Å². The Morgan fingerprint density at radius 2 is 2.14 bits per heavy atom. The van der Waals surface area contributed by atoms with E-state index in [-0.39, 0.29) is 0 Å². The van der Waals surface area contributed by atoms with E-state index in [1.807, 2.05) is 18.5 Å². The molecule has 0 fully saturated rings. The molecule has 4 heteroatoms. The van der Waals surface area contributed by atoms with Gasteiger partial charge in [-0.05, 0) is 50.9 Å². The lowest BCUT2D eigenvalue weighted by Gasteiger charge is -2.19. The second-order valence-corrected chi connectivity index (χ2v) is 5.51. The lowest BCUT2D eigenvalue weighted by molar-refractivity contribution is 0.483. The lowest BCUT2D eigenvalue weighted by atomic mass is 10.0. The van der Waals surface area contributed by atoms with Gasteiger partial charge >= 0.3 is 0 Å². The molecule has 21 heavy (non-hydrogen) atoms. The van der Waals surface area contributed by atoms with E-state index in [1.54, 1.807) is 0 Å². The van der Waals surface area contributed by atoms with Crippen LogP contribution in [0.25, 0.3) is 0 Å². The lowest BCUT2D eigenvalue weighted by Crippen LogP contribution is -2.34.